The molecule has 1 aromatic carbocycles. The molecule has 0 atom stereocenters. The number of anilines is 1. The van der Waals surface area contributed by atoms with Gasteiger partial charge in [-0.2, -0.15) is 0 Å². The molecule has 0 aliphatic heterocycles. The van der Waals surface area contributed by atoms with Gasteiger partial charge in [0, 0.05) is 22.0 Å². The zero-order valence-electron chi connectivity index (χ0n) is 9.55. The topological polar surface area (TPSA) is 66.7 Å². The fraction of sp³-hybridized carbons (Fsp3) is 0. The summed E-state index contributed by atoms with van der Waals surface area (Å²) in [6.45, 7) is 0. The van der Waals surface area contributed by atoms with Crippen molar-refractivity contribution in [3.8, 4) is 0 Å². The second-order valence-corrected chi connectivity index (χ2v) is 4.96. The number of hydrogen-bond donors (Lipinski definition) is 3. The van der Waals surface area contributed by atoms with E-state index in [0.717, 1.165) is 15.4 Å². The largest absolute Gasteiger partial charge is 0.349 e. The van der Waals surface area contributed by atoms with Crippen molar-refractivity contribution in [3.05, 3.63) is 48.7 Å². The Labute approximate surface area is 109 Å². The van der Waals surface area contributed by atoms with E-state index in [1.807, 2.05) is 24.3 Å². The van der Waals surface area contributed by atoms with Crippen LogP contribution in [-0.2, 0) is 0 Å². The quantitative estimate of drug-likeness (QED) is 0.498. The Morgan fingerprint density at radius 2 is 2.06 bits per heavy atom. The van der Waals surface area contributed by atoms with E-state index >= 15 is 0 Å². The number of hydrazine groups is 1. The number of aromatic amines is 1. The van der Waals surface area contributed by atoms with Crippen LogP contribution in [0.3, 0.4) is 0 Å². The molecule has 0 saturated carbocycles. The standard InChI is InChI=1S/C13H12N4S/c14-17-12-8-10(5-6-15-12)18-13-7-9-3-1-2-4-11(9)16-13/h1-8,16H,14H2,(H,15,17). The van der Waals surface area contributed by atoms with Crippen LogP contribution in [0.1, 0.15) is 0 Å². The van der Waals surface area contributed by atoms with Gasteiger partial charge in [-0.15, -0.1) is 0 Å². The van der Waals surface area contributed by atoms with Crippen LogP contribution < -0.4 is 11.3 Å². The smallest absolute Gasteiger partial charge is 0.140 e. The maximum Gasteiger partial charge on any atom is 0.140 e. The third-order valence-electron chi connectivity index (χ3n) is 2.61. The molecule has 3 rings (SSSR count). The van der Waals surface area contributed by atoms with Crippen LogP contribution in [0, 0.1) is 0 Å². The van der Waals surface area contributed by atoms with E-state index in [4.69, 9.17) is 5.84 Å². The molecule has 0 aliphatic carbocycles. The van der Waals surface area contributed by atoms with Crippen molar-refractivity contribution in [2.75, 3.05) is 5.43 Å². The number of nitrogen functional groups attached to an aromatic ring is 1. The lowest BCUT2D eigenvalue weighted by Gasteiger charge is -2.01. The Kier molecular flexibility index (Phi) is 2.92. The normalized spacial score (nSPS) is 10.7. The van der Waals surface area contributed by atoms with Crippen LogP contribution >= 0.6 is 11.8 Å². The Morgan fingerprint density at radius 3 is 2.89 bits per heavy atom. The molecule has 0 fully saturated rings. The Bertz CT molecular complexity index is 644. The van der Waals surface area contributed by atoms with Crippen molar-refractivity contribution in [1.29, 1.82) is 0 Å². The second-order valence-electron chi connectivity index (χ2n) is 3.84. The summed E-state index contributed by atoms with van der Waals surface area (Å²) in [5, 5.41) is 2.32. The maximum absolute atomic E-state index is 5.34. The van der Waals surface area contributed by atoms with Gasteiger partial charge < -0.3 is 10.4 Å². The van der Waals surface area contributed by atoms with Gasteiger partial charge in [0.15, 0.2) is 0 Å². The number of H-pyrrole nitrogens is 1. The van der Waals surface area contributed by atoms with Crippen LogP contribution in [0.4, 0.5) is 5.82 Å². The molecular weight excluding hydrogens is 244 g/mol. The number of pyridine rings is 1. The molecule has 2 heterocycles. The molecule has 90 valence electrons. The fourth-order valence-electron chi connectivity index (χ4n) is 1.78. The first kappa shape index (κ1) is 11.1. The number of hydrogen-bond acceptors (Lipinski definition) is 4. The van der Waals surface area contributed by atoms with E-state index in [1.54, 1.807) is 18.0 Å². The van der Waals surface area contributed by atoms with Gasteiger partial charge in [0.25, 0.3) is 0 Å². The highest BCUT2D eigenvalue weighted by Gasteiger charge is 2.03. The van der Waals surface area contributed by atoms with Crippen molar-refractivity contribution in [2.24, 2.45) is 5.84 Å². The third kappa shape index (κ3) is 2.18. The SMILES string of the molecule is NNc1cc(Sc2cc3ccccc3[nH]2)ccn1. The van der Waals surface area contributed by atoms with Crippen LogP contribution in [0.25, 0.3) is 10.9 Å². The predicted molar refractivity (Wildman–Crippen MR) is 74.5 cm³/mol. The highest BCUT2D eigenvalue weighted by Crippen LogP contribution is 2.30. The summed E-state index contributed by atoms with van der Waals surface area (Å²) in [6, 6.07) is 14.2. The average molecular weight is 256 g/mol. The number of aromatic nitrogens is 2. The Balaban J connectivity index is 1.91. The lowest BCUT2D eigenvalue weighted by atomic mass is 10.3. The molecule has 0 unspecified atom stereocenters. The maximum atomic E-state index is 5.34. The number of nitrogens with zero attached hydrogens (tertiary/aromatic N) is 1. The van der Waals surface area contributed by atoms with E-state index < -0.39 is 0 Å². The minimum Gasteiger partial charge on any atom is -0.349 e. The number of rotatable bonds is 3. The molecule has 3 aromatic rings. The van der Waals surface area contributed by atoms with Crippen LogP contribution in [0.5, 0.6) is 0 Å². The summed E-state index contributed by atoms with van der Waals surface area (Å²) in [7, 11) is 0. The van der Waals surface area contributed by atoms with Crippen molar-refractivity contribution >= 4 is 28.5 Å². The van der Waals surface area contributed by atoms with Crippen LogP contribution in [-0.4, -0.2) is 9.97 Å². The first-order valence-electron chi connectivity index (χ1n) is 5.53. The summed E-state index contributed by atoms with van der Waals surface area (Å²) in [6.07, 6.45) is 1.74. The van der Waals surface area contributed by atoms with Gasteiger partial charge >= 0.3 is 0 Å². The van der Waals surface area contributed by atoms with Gasteiger partial charge in [-0.1, -0.05) is 30.0 Å². The van der Waals surface area contributed by atoms with E-state index in [2.05, 4.69) is 33.6 Å². The molecule has 18 heavy (non-hydrogen) atoms. The molecule has 4 N–H and O–H groups in total. The first-order chi connectivity index (χ1) is 8.85. The van der Waals surface area contributed by atoms with E-state index in [-0.39, 0.29) is 0 Å². The summed E-state index contributed by atoms with van der Waals surface area (Å²) in [5.74, 6) is 6.01. The van der Waals surface area contributed by atoms with Crippen molar-refractivity contribution < 1.29 is 0 Å². The highest BCUT2D eigenvalue weighted by molar-refractivity contribution is 7.99. The lowest BCUT2D eigenvalue weighted by Crippen LogP contribution is -2.07. The average Bonchev–Trinajstić information content (AvgIpc) is 2.81. The zero-order chi connectivity index (χ0) is 12.4. The second kappa shape index (κ2) is 4.72. The number of para-hydroxylation sites is 1. The van der Waals surface area contributed by atoms with Crippen LogP contribution in [0.15, 0.2) is 58.6 Å². The molecular formula is C13H12N4S. The molecule has 2 aromatic heterocycles. The number of nitrogens with one attached hydrogen (secondary N) is 2. The van der Waals surface area contributed by atoms with E-state index in [9.17, 15) is 0 Å². The molecule has 0 bridgehead atoms. The number of benzene rings is 1. The lowest BCUT2D eigenvalue weighted by molar-refractivity contribution is 1.18. The minimum absolute atomic E-state index is 0.663. The molecule has 4 nitrogen and oxygen atoms in total. The fourth-order valence-corrected chi connectivity index (χ4v) is 2.68. The molecule has 5 heteroatoms. The van der Waals surface area contributed by atoms with Gasteiger partial charge in [0.05, 0.1) is 5.03 Å². The molecule has 0 saturated heterocycles. The van der Waals surface area contributed by atoms with Gasteiger partial charge in [0.1, 0.15) is 5.82 Å². The summed E-state index contributed by atoms with van der Waals surface area (Å²) >= 11 is 1.65. The van der Waals surface area contributed by atoms with Crippen LogP contribution in [0.2, 0.25) is 0 Å². The van der Waals surface area contributed by atoms with Gasteiger partial charge in [0.2, 0.25) is 0 Å². The van der Waals surface area contributed by atoms with Crippen molar-refractivity contribution in [1.82, 2.24) is 9.97 Å². The van der Waals surface area contributed by atoms with Crippen molar-refractivity contribution in [3.63, 3.8) is 0 Å². The minimum atomic E-state index is 0.663. The Hall–Kier alpha value is -1.98. The summed E-state index contributed by atoms with van der Waals surface area (Å²) in [4.78, 5) is 8.54. The number of fused-ring (bicyclic) bond motifs is 1. The predicted octanol–water partition coefficient (Wildman–Crippen LogP) is 3.00. The Morgan fingerprint density at radius 1 is 1.17 bits per heavy atom. The van der Waals surface area contributed by atoms with Gasteiger partial charge in [-0.3, -0.25) is 0 Å². The van der Waals surface area contributed by atoms with Gasteiger partial charge in [-0.05, 0) is 24.3 Å². The van der Waals surface area contributed by atoms with E-state index in [1.165, 1.54) is 5.39 Å². The molecule has 0 spiro atoms. The number of nitrogens with two attached hydrogens (primary N) is 1. The van der Waals surface area contributed by atoms with E-state index in [0.29, 0.717) is 5.82 Å². The monoisotopic (exact) mass is 256 g/mol. The van der Waals surface area contributed by atoms with Gasteiger partial charge in [-0.25, -0.2) is 10.8 Å². The zero-order valence-corrected chi connectivity index (χ0v) is 10.4. The molecule has 0 amide bonds. The molecule has 0 aliphatic rings. The first-order valence-corrected chi connectivity index (χ1v) is 6.35. The molecule has 0 radical (unpaired) electrons. The highest BCUT2D eigenvalue weighted by atomic mass is 32.2. The summed E-state index contributed by atoms with van der Waals surface area (Å²) < 4.78 is 0. The third-order valence-corrected chi connectivity index (χ3v) is 3.54. The van der Waals surface area contributed by atoms with Crippen molar-refractivity contribution in [2.45, 2.75) is 9.92 Å². The summed E-state index contributed by atoms with van der Waals surface area (Å²) in [5.41, 5.74) is 3.69.